The van der Waals surface area contributed by atoms with Crippen molar-refractivity contribution in [2.45, 2.75) is 0 Å². The number of hydrogen-bond acceptors (Lipinski definition) is 5. The largest absolute Gasteiger partial charge is 0.497 e. The van der Waals surface area contributed by atoms with E-state index >= 15 is 0 Å². The zero-order chi connectivity index (χ0) is 23.9. The summed E-state index contributed by atoms with van der Waals surface area (Å²) in [5.74, 6) is 2.01. The average Bonchev–Trinajstić information content (AvgIpc) is 3.54. The van der Waals surface area contributed by atoms with E-state index in [-0.39, 0.29) is 5.69 Å². The maximum absolute atomic E-state index is 11.0. The number of ether oxygens (including phenoxy) is 1. The molecule has 7 heteroatoms. The van der Waals surface area contributed by atoms with E-state index in [1.54, 1.807) is 19.2 Å². The van der Waals surface area contributed by atoms with Crippen molar-refractivity contribution < 1.29 is 14.1 Å². The average molecular weight is 461 g/mol. The van der Waals surface area contributed by atoms with Gasteiger partial charge in [0.25, 0.3) is 5.69 Å². The summed E-state index contributed by atoms with van der Waals surface area (Å²) in [5.41, 5.74) is 5.41. The number of hydrogen-bond donors (Lipinski definition) is 1. The Bertz CT molecular complexity index is 1700. The van der Waals surface area contributed by atoms with Crippen LogP contribution in [0.2, 0.25) is 0 Å². The summed E-state index contributed by atoms with van der Waals surface area (Å²) in [7, 11) is 1.65. The molecule has 6 aromatic rings. The first-order valence-corrected chi connectivity index (χ1v) is 11.0. The first-order chi connectivity index (χ1) is 17.1. The van der Waals surface area contributed by atoms with Crippen LogP contribution in [0.15, 0.2) is 95.5 Å². The third kappa shape index (κ3) is 3.50. The number of pyridine rings is 1. The standard InChI is InChI=1S/C28H19N3O4/c1-34-20-12-8-17(9-13-20)22-16-29-27(28-26(22)21-4-2-3-5-23(21)30-28)25-15-14-24(35-25)18-6-10-19(11-7-18)31(32)33/h2-16,30H,1H3. The summed E-state index contributed by atoms with van der Waals surface area (Å²) < 4.78 is 11.5. The van der Waals surface area contributed by atoms with Crippen molar-refractivity contribution >= 4 is 27.5 Å². The Balaban J connectivity index is 1.50. The molecule has 0 spiro atoms. The van der Waals surface area contributed by atoms with Gasteiger partial charge in [0.2, 0.25) is 0 Å². The van der Waals surface area contributed by atoms with Crippen LogP contribution in [0.3, 0.4) is 0 Å². The number of non-ortho nitro benzene ring substituents is 1. The normalized spacial score (nSPS) is 11.2. The number of fused-ring (bicyclic) bond motifs is 3. The molecule has 0 atom stereocenters. The van der Waals surface area contributed by atoms with Crippen LogP contribution in [-0.4, -0.2) is 22.0 Å². The second-order valence-electron chi connectivity index (χ2n) is 8.14. The van der Waals surface area contributed by atoms with Crippen LogP contribution in [-0.2, 0) is 0 Å². The Morgan fingerprint density at radius 2 is 1.60 bits per heavy atom. The van der Waals surface area contributed by atoms with E-state index < -0.39 is 4.92 Å². The minimum absolute atomic E-state index is 0.0381. The van der Waals surface area contributed by atoms with Crippen molar-refractivity contribution in [3.05, 3.63) is 101 Å². The third-order valence-electron chi connectivity index (χ3n) is 6.14. The third-order valence-corrected chi connectivity index (χ3v) is 6.14. The SMILES string of the molecule is COc1ccc(-c2cnc(-c3ccc(-c4ccc([N+](=O)[O-])cc4)o3)c3[nH]c4ccccc4c23)cc1. The van der Waals surface area contributed by atoms with Crippen LogP contribution >= 0.6 is 0 Å². The number of nitrogens with one attached hydrogen (secondary N) is 1. The van der Waals surface area contributed by atoms with Crippen LogP contribution in [0.25, 0.3) is 55.7 Å². The number of nitro groups is 1. The van der Waals surface area contributed by atoms with E-state index in [0.717, 1.165) is 44.2 Å². The topological polar surface area (TPSA) is 94.2 Å². The van der Waals surface area contributed by atoms with E-state index in [2.05, 4.69) is 11.1 Å². The van der Waals surface area contributed by atoms with Gasteiger partial charge in [0.05, 0.1) is 17.5 Å². The Kier molecular flexibility index (Phi) is 4.81. The maximum Gasteiger partial charge on any atom is 0.269 e. The molecule has 3 aromatic carbocycles. The van der Waals surface area contributed by atoms with Gasteiger partial charge in [-0.1, -0.05) is 30.3 Å². The fourth-order valence-electron chi connectivity index (χ4n) is 4.40. The summed E-state index contributed by atoms with van der Waals surface area (Å²) in [6.45, 7) is 0. The smallest absolute Gasteiger partial charge is 0.269 e. The number of para-hydroxylation sites is 1. The molecule has 0 unspecified atom stereocenters. The van der Waals surface area contributed by atoms with E-state index in [0.29, 0.717) is 17.2 Å². The van der Waals surface area contributed by atoms with Crippen LogP contribution in [0.5, 0.6) is 5.75 Å². The Morgan fingerprint density at radius 3 is 2.34 bits per heavy atom. The highest BCUT2D eigenvalue weighted by Gasteiger charge is 2.19. The second-order valence-corrected chi connectivity index (χ2v) is 8.14. The molecular formula is C28H19N3O4. The van der Waals surface area contributed by atoms with E-state index in [1.165, 1.54) is 12.1 Å². The van der Waals surface area contributed by atoms with Crippen molar-refractivity contribution in [1.82, 2.24) is 9.97 Å². The van der Waals surface area contributed by atoms with Gasteiger partial charge in [-0.3, -0.25) is 15.1 Å². The molecule has 0 bridgehead atoms. The van der Waals surface area contributed by atoms with Crippen LogP contribution < -0.4 is 4.74 Å². The van der Waals surface area contributed by atoms with Crippen LogP contribution in [0.4, 0.5) is 5.69 Å². The fourth-order valence-corrected chi connectivity index (χ4v) is 4.40. The molecule has 3 heterocycles. The molecular weight excluding hydrogens is 442 g/mol. The van der Waals surface area contributed by atoms with Gasteiger partial charge in [0.1, 0.15) is 17.2 Å². The lowest BCUT2D eigenvalue weighted by atomic mass is 10.00. The Labute approximate surface area is 199 Å². The maximum atomic E-state index is 11.0. The zero-order valence-electron chi connectivity index (χ0n) is 18.7. The summed E-state index contributed by atoms with van der Waals surface area (Å²) in [4.78, 5) is 18.9. The fraction of sp³-hybridized carbons (Fsp3) is 0.0357. The highest BCUT2D eigenvalue weighted by atomic mass is 16.6. The van der Waals surface area contributed by atoms with Gasteiger partial charge in [0, 0.05) is 45.7 Å². The van der Waals surface area contributed by atoms with Gasteiger partial charge in [-0.05, 0) is 48.0 Å². The highest BCUT2D eigenvalue weighted by molar-refractivity contribution is 6.16. The first-order valence-electron chi connectivity index (χ1n) is 11.0. The molecule has 0 aliphatic heterocycles. The first kappa shape index (κ1) is 20.7. The number of aromatic nitrogens is 2. The molecule has 35 heavy (non-hydrogen) atoms. The molecule has 3 aromatic heterocycles. The minimum atomic E-state index is -0.418. The molecule has 0 radical (unpaired) electrons. The molecule has 7 nitrogen and oxygen atoms in total. The van der Waals surface area contributed by atoms with Crippen molar-refractivity contribution in [2.75, 3.05) is 7.11 Å². The minimum Gasteiger partial charge on any atom is -0.497 e. The number of nitrogens with zero attached hydrogens (tertiary/aromatic N) is 2. The predicted octanol–water partition coefficient (Wildman–Crippen LogP) is 7.23. The lowest BCUT2D eigenvalue weighted by molar-refractivity contribution is -0.384. The van der Waals surface area contributed by atoms with Crippen LogP contribution in [0.1, 0.15) is 0 Å². The van der Waals surface area contributed by atoms with Gasteiger partial charge in [-0.15, -0.1) is 0 Å². The monoisotopic (exact) mass is 461 g/mol. The summed E-state index contributed by atoms with van der Waals surface area (Å²) in [6, 6.07) is 26.1. The molecule has 0 amide bonds. The molecule has 0 aliphatic rings. The van der Waals surface area contributed by atoms with Gasteiger partial charge >= 0.3 is 0 Å². The molecule has 1 N–H and O–H groups in total. The Morgan fingerprint density at radius 1 is 0.886 bits per heavy atom. The number of nitro benzene ring substituents is 1. The number of methoxy groups -OCH3 is 1. The molecule has 0 aliphatic carbocycles. The predicted molar refractivity (Wildman–Crippen MR) is 135 cm³/mol. The summed E-state index contributed by atoms with van der Waals surface area (Å²) in [6.07, 6.45) is 1.87. The van der Waals surface area contributed by atoms with Gasteiger partial charge in [-0.25, -0.2) is 0 Å². The second kappa shape index (κ2) is 8.14. The van der Waals surface area contributed by atoms with Crippen molar-refractivity contribution in [3.63, 3.8) is 0 Å². The molecule has 0 saturated carbocycles. The zero-order valence-corrected chi connectivity index (χ0v) is 18.7. The van der Waals surface area contributed by atoms with Gasteiger partial charge in [-0.2, -0.15) is 0 Å². The van der Waals surface area contributed by atoms with Crippen molar-refractivity contribution in [3.8, 4) is 39.7 Å². The summed E-state index contributed by atoms with van der Waals surface area (Å²) >= 11 is 0. The van der Waals surface area contributed by atoms with E-state index in [4.69, 9.17) is 14.1 Å². The number of aromatic amines is 1. The molecule has 0 saturated heterocycles. The quantitative estimate of drug-likeness (QED) is 0.216. The number of benzene rings is 3. The van der Waals surface area contributed by atoms with Crippen molar-refractivity contribution in [1.29, 1.82) is 0 Å². The number of H-pyrrole nitrogens is 1. The Hall–Kier alpha value is -4.91. The number of rotatable bonds is 5. The van der Waals surface area contributed by atoms with Gasteiger partial charge in [0.15, 0.2) is 5.76 Å². The highest BCUT2D eigenvalue weighted by Crippen LogP contribution is 2.40. The molecule has 0 fully saturated rings. The molecule has 6 rings (SSSR count). The van der Waals surface area contributed by atoms with Crippen LogP contribution in [0, 0.1) is 10.1 Å². The molecule has 170 valence electrons. The number of furan rings is 1. The van der Waals surface area contributed by atoms with Gasteiger partial charge < -0.3 is 14.1 Å². The lowest BCUT2D eigenvalue weighted by Crippen LogP contribution is -1.89. The van der Waals surface area contributed by atoms with Crippen molar-refractivity contribution in [2.24, 2.45) is 0 Å². The van der Waals surface area contributed by atoms with E-state index in [9.17, 15) is 10.1 Å². The lowest BCUT2D eigenvalue weighted by Gasteiger charge is -2.08. The van der Waals surface area contributed by atoms with E-state index in [1.807, 2.05) is 60.8 Å². The summed E-state index contributed by atoms with van der Waals surface area (Å²) in [5, 5.41) is 13.1.